The van der Waals surface area contributed by atoms with Gasteiger partial charge in [0, 0.05) is 5.54 Å². The molecule has 72 valence electrons. The van der Waals surface area contributed by atoms with Gasteiger partial charge in [-0.1, -0.05) is 6.92 Å². The Morgan fingerprint density at radius 2 is 2.08 bits per heavy atom. The van der Waals surface area contributed by atoms with Gasteiger partial charge in [0.2, 0.25) is 0 Å². The van der Waals surface area contributed by atoms with Gasteiger partial charge in [0.05, 0.1) is 13.5 Å². The molecule has 0 aromatic rings. The molecule has 0 bridgehead atoms. The Morgan fingerprint density at radius 1 is 1.50 bits per heavy atom. The van der Waals surface area contributed by atoms with E-state index in [1.807, 2.05) is 13.8 Å². The zero-order valence-corrected chi connectivity index (χ0v) is 8.44. The standard InChI is InChI=1S/C9H19NO2/c1-5-6-10-9(2,3)7-8(11)12-4/h10H,5-7H2,1-4H3. The summed E-state index contributed by atoms with van der Waals surface area (Å²) in [6.45, 7) is 7.03. The van der Waals surface area contributed by atoms with Crippen molar-refractivity contribution in [3.8, 4) is 0 Å². The van der Waals surface area contributed by atoms with Gasteiger partial charge in [0.1, 0.15) is 0 Å². The van der Waals surface area contributed by atoms with E-state index in [0.717, 1.165) is 13.0 Å². The summed E-state index contributed by atoms with van der Waals surface area (Å²) in [5.74, 6) is -0.163. The van der Waals surface area contributed by atoms with Gasteiger partial charge >= 0.3 is 5.97 Å². The molecule has 1 N–H and O–H groups in total. The molecule has 0 aliphatic rings. The third kappa shape index (κ3) is 5.13. The summed E-state index contributed by atoms with van der Waals surface area (Å²) in [5, 5.41) is 3.27. The molecule has 3 heteroatoms. The van der Waals surface area contributed by atoms with E-state index in [1.165, 1.54) is 7.11 Å². The molecule has 0 saturated carbocycles. The van der Waals surface area contributed by atoms with E-state index >= 15 is 0 Å². The number of hydrogen-bond acceptors (Lipinski definition) is 3. The molecule has 3 nitrogen and oxygen atoms in total. The number of nitrogens with one attached hydrogen (secondary N) is 1. The maximum atomic E-state index is 10.9. The van der Waals surface area contributed by atoms with Crippen molar-refractivity contribution in [3.05, 3.63) is 0 Å². The van der Waals surface area contributed by atoms with Gasteiger partial charge in [-0.25, -0.2) is 0 Å². The highest BCUT2D eigenvalue weighted by atomic mass is 16.5. The van der Waals surface area contributed by atoms with Crippen molar-refractivity contribution in [2.75, 3.05) is 13.7 Å². The minimum absolute atomic E-state index is 0.150. The first-order valence-electron chi connectivity index (χ1n) is 4.33. The van der Waals surface area contributed by atoms with Crippen LogP contribution < -0.4 is 5.32 Å². The molecule has 0 spiro atoms. The monoisotopic (exact) mass is 173 g/mol. The van der Waals surface area contributed by atoms with Crippen molar-refractivity contribution < 1.29 is 9.53 Å². The Bertz CT molecular complexity index is 143. The smallest absolute Gasteiger partial charge is 0.307 e. The van der Waals surface area contributed by atoms with Gasteiger partial charge in [0.25, 0.3) is 0 Å². The lowest BCUT2D eigenvalue weighted by Crippen LogP contribution is -2.41. The van der Waals surface area contributed by atoms with Crippen molar-refractivity contribution >= 4 is 5.97 Å². The van der Waals surface area contributed by atoms with Crippen molar-refractivity contribution in [2.24, 2.45) is 0 Å². The minimum Gasteiger partial charge on any atom is -0.469 e. The highest BCUT2D eigenvalue weighted by Gasteiger charge is 2.20. The average Bonchev–Trinajstić information content (AvgIpc) is 2.00. The molecular weight excluding hydrogens is 154 g/mol. The van der Waals surface area contributed by atoms with Crippen LogP contribution in [0.3, 0.4) is 0 Å². The first-order valence-corrected chi connectivity index (χ1v) is 4.33. The molecule has 0 aromatic heterocycles. The zero-order valence-electron chi connectivity index (χ0n) is 8.44. The number of ether oxygens (including phenoxy) is 1. The molecule has 0 aliphatic heterocycles. The first-order chi connectivity index (χ1) is 5.52. The van der Waals surface area contributed by atoms with Crippen LogP contribution in [0.5, 0.6) is 0 Å². The molecule has 0 rings (SSSR count). The summed E-state index contributed by atoms with van der Waals surface area (Å²) in [7, 11) is 1.41. The highest BCUT2D eigenvalue weighted by molar-refractivity contribution is 5.70. The Hall–Kier alpha value is -0.570. The minimum atomic E-state index is -0.163. The van der Waals surface area contributed by atoms with Crippen LogP contribution in [-0.2, 0) is 9.53 Å². The number of esters is 1. The molecule has 0 aliphatic carbocycles. The van der Waals surface area contributed by atoms with E-state index in [0.29, 0.717) is 6.42 Å². The summed E-state index contributed by atoms with van der Waals surface area (Å²) >= 11 is 0. The largest absolute Gasteiger partial charge is 0.469 e. The van der Waals surface area contributed by atoms with E-state index < -0.39 is 0 Å². The number of methoxy groups -OCH3 is 1. The van der Waals surface area contributed by atoms with E-state index in [9.17, 15) is 4.79 Å². The van der Waals surface area contributed by atoms with Crippen LogP contribution in [0.2, 0.25) is 0 Å². The van der Waals surface area contributed by atoms with Crippen molar-refractivity contribution in [2.45, 2.75) is 39.2 Å². The second-order valence-electron chi connectivity index (χ2n) is 3.56. The fraction of sp³-hybridized carbons (Fsp3) is 0.889. The third-order valence-corrected chi connectivity index (χ3v) is 1.67. The molecule has 0 atom stereocenters. The van der Waals surface area contributed by atoms with Crippen LogP contribution in [0.1, 0.15) is 33.6 Å². The van der Waals surface area contributed by atoms with Gasteiger partial charge in [-0.3, -0.25) is 4.79 Å². The summed E-state index contributed by atoms with van der Waals surface area (Å²) in [5.41, 5.74) is -0.150. The molecule has 0 radical (unpaired) electrons. The van der Waals surface area contributed by atoms with Gasteiger partial charge < -0.3 is 10.1 Å². The van der Waals surface area contributed by atoms with E-state index in [1.54, 1.807) is 0 Å². The number of carbonyl (C=O) groups is 1. The van der Waals surface area contributed by atoms with Gasteiger partial charge in [0.15, 0.2) is 0 Å². The van der Waals surface area contributed by atoms with Crippen LogP contribution >= 0.6 is 0 Å². The highest BCUT2D eigenvalue weighted by Crippen LogP contribution is 2.08. The quantitative estimate of drug-likeness (QED) is 0.637. The fourth-order valence-corrected chi connectivity index (χ4v) is 0.959. The van der Waals surface area contributed by atoms with E-state index in [2.05, 4.69) is 17.0 Å². The van der Waals surface area contributed by atoms with Crippen molar-refractivity contribution in [1.82, 2.24) is 5.32 Å². The molecular formula is C9H19NO2. The lowest BCUT2D eigenvalue weighted by Gasteiger charge is -2.24. The lowest BCUT2D eigenvalue weighted by molar-refractivity contribution is -0.142. The van der Waals surface area contributed by atoms with Gasteiger partial charge in [-0.05, 0) is 26.8 Å². The molecule has 12 heavy (non-hydrogen) atoms. The molecule has 0 aromatic carbocycles. The maximum Gasteiger partial charge on any atom is 0.307 e. The van der Waals surface area contributed by atoms with Crippen molar-refractivity contribution in [3.63, 3.8) is 0 Å². The molecule has 0 unspecified atom stereocenters. The first kappa shape index (κ1) is 11.4. The second-order valence-corrected chi connectivity index (χ2v) is 3.56. The van der Waals surface area contributed by atoms with E-state index in [-0.39, 0.29) is 11.5 Å². The Morgan fingerprint density at radius 3 is 2.50 bits per heavy atom. The van der Waals surface area contributed by atoms with Crippen LogP contribution in [0, 0.1) is 0 Å². The maximum absolute atomic E-state index is 10.9. The number of hydrogen-bond donors (Lipinski definition) is 1. The summed E-state index contributed by atoms with van der Waals surface area (Å²) in [6, 6.07) is 0. The zero-order chi connectivity index (χ0) is 9.61. The number of carbonyl (C=O) groups excluding carboxylic acids is 1. The second kappa shape index (κ2) is 5.14. The Labute approximate surface area is 74.5 Å². The van der Waals surface area contributed by atoms with Crippen LogP contribution in [0.4, 0.5) is 0 Å². The summed E-state index contributed by atoms with van der Waals surface area (Å²) in [4.78, 5) is 10.9. The average molecular weight is 173 g/mol. The summed E-state index contributed by atoms with van der Waals surface area (Å²) < 4.78 is 4.59. The molecule has 0 fully saturated rings. The topological polar surface area (TPSA) is 38.3 Å². The Balaban J connectivity index is 3.77. The SMILES string of the molecule is CCCNC(C)(C)CC(=O)OC. The van der Waals surface area contributed by atoms with Crippen molar-refractivity contribution in [1.29, 1.82) is 0 Å². The van der Waals surface area contributed by atoms with Crippen LogP contribution in [0.15, 0.2) is 0 Å². The Kier molecular flexibility index (Phi) is 4.90. The van der Waals surface area contributed by atoms with E-state index in [4.69, 9.17) is 0 Å². The third-order valence-electron chi connectivity index (χ3n) is 1.67. The molecule has 0 heterocycles. The number of rotatable bonds is 5. The molecule has 0 amide bonds. The van der Waals surface area contributed by atoms with Gasteiger partial charge in [-0.15, -0.1) is 0 Å². The molecule has 0 saturated heterocycles. The van der Waals surface area contributed by atoms with Crippen LogP contribution in [0.25, 0.3) is 0 Å². The predicted octanol–water partition coefficient (Wildman–Crippen LogP) is 1.33. The lowest BCUT2D eigenvalue weighted by atomic mass is 10.0. The van der Waals surface area contributed by atoms with Gasteiger partial charge in [-0.2, -0.15) is 0 Å². The fourth-order valence-electron chi connectivity index (χ4n) is 0.959. The summed E-state index contributed by atoms with van der Waals surface area (Å²) in [6.07, 6.45) is 1.49. The van der Waals surface area contributed by atoms with Crippen LogP contribution in [-0.4, -0.2) is 25.2 Å². The normalized spacial score (nSPS) is 11.3. The predicted molar refractivity (Wildman–Crippen MR) is 49.0 cm³/mol.